The van der Waals surface area contributed by atoms with Gasteiger partial charge in [-0.1, -0.05) is 17.7 Å². The van der Waals surface area contributed by atoms with Gasteiger partial charge in [-0.3, -0.25) is 14.4 Å². The van der Waals surface area contributed by atoms with E-state index >= 15 is 0 Å². The van der Waals surface area contributed by atoms with Crippen LogP contribution in [-0.2, 0) is 9.59 Å². The molecule has 29 heavy (non-hydrogen) atoms. The molecule has 7 nitrogen and oxygen atoms in total. The van der Waals surface area contributed by atoms with Crippen molar-refractivity contribution in [2.24, 2.45) is 11.7 Å². The van der Waals surface area contributed by atoms with E-state index in [1.807, 2.05) is 19.1 Å². The summed E-state index contributed by atoms with van der Waals surface area (Å²) in [5, 5.41) is 3.09. The van der Waals surface area contributed by atoms with Gasteiger partial charge in [0.2, 0.25) is 5.91 Å². The Morgan fingerprint density at radius 3 is 2.17 bits per heavy atom. The van der Waals surface area contributed by atoms with E-state index in [9.17, 15) is 14.4 Å². The zero-order valence-electron chi connectivity index (χ0n) is 17.0. The van der Waals surface area contributed by atoms with Crippen LogP contribution in [0.4, 0.5) is 0 Å². The number of hydrogen-bond acceptors (Lipinski definition) is 4. The van der Waals surface area contributed by atoms with E-state index in [-0.39, 0.29) is 35.7 Å². The summed E-state index contributed by atoms with van der Waals surface area (Å²) < 4.78 is 0. The molecular formula is C22H30N4O3. The highest BCUT2D eigenvalue weighted by Gasteiger charge is 2.46. The highest BCUT2D eigenvalue weighted by molar-refractivity contribution is 5.99. The van der Waals surface area contributed by atoms with Crippen LogP contribution in [0.5, 0.6) is 0 Å². The van der Waals surface area contributed by atoms with Crippen molar-refractivity contribution in [2.45, 2.75) is 63.7 Å². The highest BCUT2D eigenvalue weighted by atomic mass is 16.2. The average molecular weight is 399 g/mol. The first-order valence-corrected chi connectivity index (χ1v) is 10.7. The van der Waals surface area contributed by atoms with E-state index in [1.165, 1.54) is 0 Å². The number of aryl methyl sites for hydroxylation is 1. The molecule has 7 heteroatoms. The maximum absolute atomic E-state index is 13.2. The Kier molecular flexibility index (Phi) is 5.58. The lowest BCUT2D eigenvalue weighted by atomic mass is 9.92. The van der Waals surface area contributed by atoms with Gasteiger partial charge in [0.1, 0.15) is 0 Å². The summed E-state index contributed by atoms with van der Waals surface area (Å²) in [4.78, 5) is 42.3. The van der Waals surface area contributed by atoms with E-state index in [4.69, 9.17) is 5.73 Å². The van der Waals surface area contributed by atoms with Gasteiger partial charge in [-0.2, -0.15) is 0 Å². The highest BCUT2D eigenvalue weighted by Crippen LogP contribution is 2.33. The summed E-state index contributed by atoms with van der Waals surface area (Å²) in [6, 6.07) is 7.58. The van der Waals surface area contributed by atoms with Crippen LogP contribution in [0.3, 0.4) is 0 Å². The standard InChI is InChI=1S/C22H30N4O3/c1-14-2-4-15(5-3-14)21(28)25-12-13-26(22(29)16-6-7-16)20(25)19(27)24-18-10-8-17(23)9-11-18/h2-5,16-18,20H,6-13,23H2,1H3,(H,24,27). The molecule has 1 atom stereocenters. The second-order valence-corrected chi connectivity index (χ2v) is 8.66. The molecule has 4 rings (SSSR count). The molecule has 2 aliphatic carbocycles. The molecule has 3 N–H and O–H groups in total. The first-order chi connectivity index (χ1) is 13.9. The average Bonchev–Trinajstić information content (AvgIpc) is 3.47. The topological polar surface area (TPSA) is 95.7 Å². The SMILES string of the molecule is Cc1ccc(C(=O)N2CCN(C(=O)C3CC3)C2C(=O)NC2CCC(N)CC2)cc1. The Bertz CT molecular complexity index is 782. The van der Waals surface area contributed by atoms with Gasteiger partial charge in [-0.15, -0.1) is 0 Å². The van der Waals surface area contributed by atoms with Crippen LogP contribution >= 0.6 is 0 Å². The quantitative estimate of drug-likeness (QED) is 0.801. The molecule has 156 valence electrons. The molecule has 1 saturated heterocycles. The Morgan fingerprint density at radius 1 is 0.931 bits per heavy atom. The van der Waals surface area contributed by atoms with Crippen molar-refractivity contribution in [3.63, 3.8) is 0 Å². The second-order valence-electron chi connectivity index (χ2n) is 8.66. The molecule has 0 aromatic heterocycles. The number of hydrogen-bond donors (Lipinski definition) is 2. The number of nitrogens with two attached hydrogens (primary N) is 1. The molecule has 1 heterocycles. The fourth-order valence-electron chi connectivity index (χ4n) is 4.32. The van der Waals surface area contributed by atoms with Crippen LogP contribution in [0.15, 0.2) is 24.3 Å². The normalized spacial score (nSPS) is 27.0. The largest absolute Gasteiger partial charge is 0.350 e. The smallest absolute Gasteiger partial charge is 0.264 e. The van der Waals surface area contributed by atoms with E-state index in [0.717, 1.165) is 44.1 Å². The van der Waals surface area contributed by atoms with Crippen LogP contribution in [0.1, 0.15) is 54.4 Å². The molecular weight excluding hydrogens is 368 g/mol. The van der Waals surface area contributed by atoms with E-state index in [0.29, 0.717) is 18.7 Å². The van der Waals surface area contributed by atoms with Crippen molar-refractivity contribution in [3.05, 3.63) is 35.4 Å². The number of nitrogens with zero attached hydrogens (tertiary/aromatic N) is 2. The minimum absolute atomic E-state index is 0.00461. The summed E-state index contributed by atoms with van der Waals surface area (Å²) >= 11 is 0. The summed E-state index contributed by atoms with van der Waals surface area (Å²) in [6.07, 6.45) is 4.31. The third-order valence-electron chi connectivity index (χ3n) is 6.29. The second kappa shape index (κ2) is 8.14. The number of benzene rings is 1. The molecule has 1 aliphatic heterocycles. The predicted molar refractivity (Wildman–Crippen MR) is 109 cm³/mol. The van der Waals surface area contributed by atoms with Gasteiger partial charge in [-0.05, 0) is 57.6 Å². The van der Waals surface area contributed by atoms with Crippen molar-refractivity contribution >= 4 is 17.7 Å². The summed E-state index contributed by atoms with van der Waals surface area (Å²) in [6.45, 7) is 2.74. The first kappa shape index (κ1) is 19.9. The van der Waals surface area contributed by atoms with Crippen molar-refractivity contribution in [3.8, 4) is 0 Å². The number of carbonyl (C=O) groups is 3. The molecule has 3 amide bonds. The molecule has 3 aliphatic rings. The molecule has 2 saturated carbocycles. The lowest BCUT2D eigenvalue weighted by molar-refractivity contribution is -0.142. The van der Waals surface area contributed by atoms with Crippen molar-refractivity contribution < 1.29 is 14.4 Å². The molecule has 1 unspecified atom stereocenters. The monoisotopic (exact) mass is 398 g/mol. The lowest BCUT2D eigenvalue weighted by Gasteiger charge is -2.33. The fraction of sp³-hybridized carbons (Fsp3) is 0.591. The van der Waals surface area contributed by atoms with Gasteiger partial charge in [0.05, 0.1) is 0 Å². The van der Waals surface area contributed by atoms with Gasteiger partial charge in [0, 0.05) is 36.7 Å². The predicted octanol–water partition coefficient (Wildman–Crippen LogP) is 1.40. The van der Waals surface area contributed by atoms with Crippen LogP contribution in [0, 0.1) is 12.8 Å². The molecule has 0 bridgehead atoms. The third-order valence-corrected chi connectivity index (χ3v) is 6.29. The van der Waals surface area contributed by atoms with Gasteiger partial charge < -0.3 is 20.9 Å². The van der Waals surface area contributed by atoms with Crippen LogP contribution in [0.25, 0.3) is 0 Å². The van der Waals surface area contributed by atoms with Crippen LogP contribution in [-0.4, -0.2) is 58.9 Å². The zero-order valence-corrected chi connectivity index (χ0v) is 17.0. The van der Waals surface area contributed by atoms with E-state index in [1.54, 1.807) is 21.9 Å². The number of amides is 3. The van der Waals surface area contributed by atoms with Gasteiger partial charge >= 0.3 is 0 Å². The Morgan fingerprint density at radius 2 is 1.55 bits per heavy atom. The minimum atomic E-state index is -0.868. The van der Waals surface area contributed by atoms with Crippen molar-refractivity contribution in [1.82, 2.24) is 15.1 Å². The fourth-order valence-corrected chi connectivity index (χ4v) is 4.32. The molecule has 1 aromatic rings. The number of carbonyl (C=O) groups excluding carboxylic acids is 3. The molecule has 3 fully saturated rings. The summed E-state index contributed by atoms with van der Waals surface area (Å²) in [7, 11) is 0. The maximum atomic E-state index is 13.2. The van der Waals surface area contributed by atoms with Crippen LogP contribution < -0.4 is 11.1 Å². The first-order valence-electron chi connectivity index (χ1n) is 10.7. The van der Waals surface area contributed by atoms with Crippen LogP contribution in [0.2, 0.25) is 0 Å². The van der Waals surface area contributed by atoms with Crippen molar-refractivity contribution in [2.75, 3.05) is 13.1 Å². The third kappa shape index (κ3) is 4.29. The van der Waals surface area contributed by atoms with Gasteiger partial charge in [0.25, 0.3) is 11.8 Å². The molecule has 1 aromatic carbocycles. The van der Waals surface area contributed by atoms with Gasteiger partial charge in [0.15, 0.2) is 6.17 Å². The Hall–Kier alpha value is -2.41. The maximum Gasteiger partial charge on any atom is 0.264 e. The van der Waals surface area contributed by atoms with Gasteiger partial charge in [-0.25, -0.2) is 0 Å². The summed E-state index contributed by atoms with van der Waals surface area (Å²) in [5.74, 6) is -0.457. The number of rotatable bonds is 4. The summed E-state index contributed by atoms with van der Waals surface area (Å²) in [5.41, 5.74) is 7.58. The minimum Gasteiger partial charge on any atom is -0.350 e. The lowest BCUT2D eigenvalue weighted by Crippen LogP contribution is -2.56. The van der Waals surface area contributed by atoms with Crippen molar-refractivity contribution in [1.29, 1.82) is 0 Å². The Balaban J connectivity index is 1.53. The zero-order chi connectivity index (χ0) is 20.5. The van der Waals surface area contributed by atoms with E-state index < -0.39 is 6.17 Å². The Labute approximate surface area is 171 Å². The van der Waals surface area contributed by atoms with E-state index in [2.05, 4.69) is 5.32 Å². The molecule has 0 spiro atoms. The number of nitrogens with one attached hydrogen (secondary N) is 1. The molecule has 0 radical (unpaired) electrons.